The van der Waals surface area contributed by atoms with Gasteiger partial charge in [0.25, 0.3) is 5.69 Å². The summed E-state index contributed by atoms with van der Waals surface area (Å²) in [6.07, 6.45) is 1.44. The van der Waals surface area contributed by atoms with E-state index in [1.54, 1.807) is 6.07 Å². The first-order valence-electron chi connectivity index (χ1n) is 5.59. The topological polar surface area (TPSA) is 97.2 Å². The highest BCUT2D eigenvalue weighted by atomic mass is 35.5. The molecule has 0 bridgehead atoms. The number of nitro groups is 1. The van der Waals surface area contributed by atoms with Crippen molar-refractivity contribution in [1.29, 1.82) is 0 Å². The van der Waals surface area contributed by atoms with Gasteiger partial charge in [-0.05, 0) is 24.3 Å². The lowest BCUT2D eigenvalue weighted by molar-refractivity contribution is -0.384. The number of carbonyl (C=O) groups excluding carboxylic acids is 1. The molecule has 2 rings (SSSR count). The maximum Gasteiger partial charge on any atom is 0.324 e. The van der Waals surface area contributed by atoms with Crippen LogP contribution < -0.4 is 10.6 Å². The van der Waals surface area contributed by atoms with Gasteiger partial charge in [0.15, 0.2) is 0 Å². The Balaban J connectivity index is 2.09. The Labute approximate surface area is 129 Å². The molecule has 9 heteroatoms. The quantitative estimate of drug-likeness (QED) is 0.659. The largest absolute Gasteiger partial charge is 0.324 e. The van der Waals surface area contributed by atoms with Gasteiger partial charge in [-0.2, -0.15) is 0 Å². The van der Waals surface area contributed by atoms with Gasteiger partial charge in [-0.15, -0.1) is 0 Å². The molecule has 0 saturated heterocycles. The molecule has 0 aliphatic heterocycles. The first-order chi connectivity index (χ1) is 9.95. The van der Waals surface area contributed by atoms with Crippen molar-refractivity contribution in [3.8, 4) is 0 Å². The van der Waals surface area contributed by atoms with Gasteiger partial charge in [-0.1, -0.05) is 23.2 Å². The Morgan fingerprint density at radius 3 is 2.62 bits per heavy atom. The predicted octanol–water partition coefficient (Wildman–Crippen LogP) is 3.94. The molecular weight excluding hydrogens is 319 g/mol. The van der Waals surface area contributed by atoms with Crippen LogP contribution in [-0.2, 0) is 0 Å². The lowest BCUT2D eigenvalue weighted by atomic mass is 10.3. The molecule has 0 radical (unpaired) electrons. The van der Waals surface area contributed by atoms with Crippen LogP contribution in [0, 0.1) is 10.1 Å². The summed E-state index contributed by atoms with van der Waals surface area (Å²) in [6.45, 7) is 0. The summed E-state index contributed by atoms with van der Waals surface area (Å²) < 4.78 is 0. The molecule has 0 unspecified atom stereocenters. The van der Waals surface area contributed by atoms with Crippen molar-refractivity contribution >= 4 is 46.4 Å². The van der Waals surface area contributed by atoms with Crippen LogP contribution in [-0.4, -0.2) is 15.9 Å². The van der Waals surface area contributed by atoms with E-state index in [2.05, 4.69) is 15.6 Å². The molecule has 2 amide bonds. The third kappa shape index (κ3) is 4.04. The van der Waals surface area contributed by atoms with E-state index in [4.69, 9.17) is 23.2 Å². The second kappa shape index (κ2) is 6.38. The normalized spacial score (nSPS) is 10.0. The fourth-order valence-corrected chi connectivity index (χ4v) is 1.83. The Bertz CT molecular complexity index is 709. The van der Waals surface area contributed by atoms with Crippen LogP contribution in [0.15, 0.2) is 36.5 Å². The van der Waals surface area contributed by atoms with Gasteiger partial charge < -0.3 is 5.32 Å². The Hall–Kier alpha value is -2.38. The summed E-state index contributed by atoms with van der Waals surface area (Å²) in [4.78, 5) is 25.8. The molecule has 2 N–H and O–H groups in total. The maximum atomic E-state index is 11.8. The number of pyridine rings is 1. The van der Waals surface area contributed by atoms with Crippen LogP contribution in [0.4, 0.5) is 22.0 Å². The zero-order valence-corrected chi connectivity index (χ0v) is 11.9. The molecule has 108 valence electrons. The number of nitrogens with one attached hydrogen (secondary N) is 2. The lowest BCUT2D eigenvalue weighted by Crippen LogP contribution is -2.20. The number of amides is 2. The van der Waals surface area contributed by atoms with Gasteiger partial charge in [0.05, 0.1) is 4.92 Å². The molecule has 1 aromatic carbocycles. The monoisotopic (exact) mass is 326 g/mol. The van der Waals surface area contributed by atoms with Crippen molar-refractivity contribution in [3.63, 3.8) is 0 Å². The number of anilines is 2. The van der Waals surface area contributed by atoms with Crippen molar-refractivity contribution in [2.75, 3.05) is 10.6 Å². The van der Waals surface area contributed by atoms with Crippen LogP contribution in [0.3, 0.4) is 0 Å². The van der Waals surface area contributed by atoms with Gasteiger partial charge in [0.1, 0.15) is 10.8 Å². The summed E-state index contributed by atoms with van der Waals surface area (Å²) in [7, 11) is 0. The number of aromatic nitrogens is 1. The second-order valence-electron chi connectivity index (χ2n) is 3.86. The zero-order valence-electron chi connectivity index (χ0n) is 10.3. The SMILES string of the molecule is O=C(Nc1ccc(Cl)c([N+](=O)[O-])c1)Nc1cc(Cl)ccn1. The molecular formula is C12H8Cl2N4O3. The van der Waals surface area contributed by atoms with E-state index in [1.165, 1.54) is 24.4 Å². The number of nitrogens with zero attached hydrogens (tertiary/aromatic N) is 2. The van der Waals surface area contributed by atoms with Crippen molar-refractivity contribution in [2.24, 2.45) is 0 Å². The molecule has 0 aliphatic rings. The summed E-state index contributed by atoms with van der Waals surface area (Å²) >= 11 is 11.4. The van der Waals surface area contributed by atoms with Crippen molar-refractivity contribution in [3.05, 3.63) is 56.7 Å². The number of rotatable bonds is 3. The van der Waals surface area contributed by atoms with Crippen LogP contribution >= 0.6 is 23.2 Å². The fourth-order valence-electron chi connectivity index (χ4n) is 1.48. The summed E-state index contributed by atoms with van der Waals surface area (Å²) in [5.41, 5.74) is -0.0685. The number of benzene rings is 1. The summed E-state index contributed by atoms with van der Waals surface area (Å²) in [5.74, 6) is 0.253. The summed E-state index contributed by atoms with van der Waals surface area (Å²) in [6, 6.07) is 6.35. The zero-order chi connectivity index (χ0) is 15.4. The van der Waals surface area contributed by atoms with Gasteiger partial charge in [0, 0.05) is 23.0 Å². The van der Waals surface area contributed by atoms with E-state index >= 15 is 0 Å². The number of carbonyl (C=O) groups is 1. The molecule has 7 nitrogen and oxygen atoms in total. The van der Waals surface area contributed by atoms with E-state index < -0.39 is 11.0 Å². The van der Waals surface area contributed by atoms with Crippen LogP contribution in [0.2, 0.25) is 10.0 Å². The van der Waals surface area contributed by atoms with Crippen LogP contribution in [0.5, 0.6) is 0 Å². The van der Waals surface area contributed by atoms with Gasteiger partial charge in [-0.3, -0.25) is 15.4 Å². The molecule has 0 saturated carbocycles. The molecule has 21 heavy (non-hydrogen) atoms. The predicted molar refractivity (Wildman–Crippen MR) is 80.0 cm³/mol. The highest BCUT2D eigenvalue weighted by Crippen LogP contribution is 2.27. The molecule has 2 aromatic rings. The highest BCUT2D eigenvalue weighted by molar-refractivity contribution is 6.32. The van der Waals surface area contributed by atoms with Crippen LogP contribution in [0.25, 0.3) is 0 Å². The highest BCUT2D eigenvalue weighted by Gasteiger charge is 2.14. The molecule has 0 aliphatic carbocycles. The number of nitro benzene ring substituents is 1. The molecule has 1 heterocycles. The Kier molecular flexibility index (Phi) is 4.56. The third-order valence-corrected chi connectivity index (χ3v) is 2.92. The van der Waals surface area contributed by atoms with E-state index in [9.17, 15) is 14.9 Å². The van der Waals surface area contributed by atoms with E-state index in [-0.39, 0.29) is 22.2 Å². The smallest absolute Gasteiger partial charge is 0.307 e. The Morgan fingerprint density at radius 2 is 1.95 bits per heavy atom. The van der Waals surface area contributed by atoms with Crippen molar-refractivity contribution in [1.82, 2.24) is 4.98 Å². The number of hydrogen-bond donors (Lipinski definition) is 2. The third-order valence-electron chi connectivity index (χ3n) is 2.36. The fraction of sp³-hybridized carbons (Fsp3) is 0. The first-order valence-corrected chi connectivity index (χ1v) is 6.35. The van der Waals surface area contributed by atoms with E-state index in [0.29, 0.717) is 5.02 Å². The standard InChI is InChI=1S/C12H8Cl2N4O3/c13-7-3-4-15-11(5-7)17-12(19)16-8-1-2-9(14)10(6-8)18(20)21/h1-6H,(H2,15,16,17,19). The Morgan fingerprint density at radius 1 is 1.19 bits per heavy atom. The summed E-state index contributed by atoms with van der Waals surface area (Å²) in [5, 5.41) is 16.0. The average Bonchev–Trinajstić information content (AvgIpc) is 2.40. The first kappa shape index (κ1) is 15.0. The average molecular weight is 327 g/mol. The molecule has 0 atom stereocenters. The van der Waals surface area contributed by atoms with Gasteiger partial charge >= 0.3 is 6.03 Å². The van der Waals surface area contributed by atoms with Gasteiger partial charge in [0.2, 0.25) is 0 Å². The van der Waals surface area contributed by atoms with Gasteiger partial charge in [-0.25, -0.2) is 9.78 Å². The maximum absolute atomic E-state index is 11.8. The van der Waals surface area contributed by atoms with Crippen LogP contribution in [0.1, 0.15) is 0 Å². The van der Waals surface area contributed by atoms with E-state index in [1.807, 2.05) is 0 Å². The lowest BCUT2D eigenvalue weighted by Gasteiger charge is -2.07. The second-order valence-corrected chi connectivity index (χ2v) is 4.71. The molecule has 0 spiro atoms. The van der Waals surface area contributed by atoms with E-state index in [0.717, 1.165) is 6.07 Å². The number of hydrogen-bond acceptors (Lipinski definition) is 4. The van der Waals surface area contributed by atoms with Crippen molar-refractivity contribution < 1.29 is 9.72 Å². The molecule has 0 fully saturated rings. The van der Waals surface area contributed by atoms with Crippen molar-refractivity contribution in [2.45, 2.75) is 0 Å². The minimum Gasteiger partial charge on any atom is -0.307 e. The number of halogens is 2. The molecule has 1 aromatic heterocycles. The minimum absolute atomic E-state index is 0.0116. The number of urea groups is 1. The minimum atomic E-state index is -0.635.